The molecule has 0 atom stereocenters. The lowest BCUT2D eigenvalue weighted by Crippen LogP contribution is -2.03. The number of nitrogens with zero attached hydrogens (tertiary/aromatic N) is 2. The van der Waals surface area contributed by atoms with Gasteiger partial charge in [-0.1, -0.05) is 59.4 Å². The molecule has 1 heterocycles. The zero-order chi connectivity index (χ0) is 13.8. The predicted octanol–water partition coefficient (Wildman–Crippen LogP) is 4.27. The van der Waals surface area contributed by atoms with E-state index in [1.807, 2.05) is 48.5 Å². The lowest BCUT2D eigenvalue weighted by atomic mass is 10.1. The summed E-state index contributed by atoms with van der Waals surface area (Å²) in [5, 5.41) is 12.6. The largest absolute Gasteiger partial charge is 0.411 e. The molecule has 0 saturated carbocycles. The Hall–Kier alpha value is -1.85. The van der Waals surface area contributed by atoms with Gasteiger partial charge in [-0.15, -0.1) is 11.3 Å². The quantitative estimate of drug-likeness (QED) is 0.339. The molecule has 2 aromatic carbocycles. The Labute approximate surface area is 125 Å². The van der Waals surface area contributed by atoms with Crippen LogP contribution in [0.25, 0.3) is 10.2 Å². The van der Waals surface area contributed by atoms with Gasteiger partial charge in [0.05, 0.1) is 15.9 Å². The van der Waals surface area contributed by atoms with Crippen molar-refractivity contribution < 1.29 is 5.21 Å². The fourth-order valence-electron chi connectivity index (χ4n) is 1.84. The van der Waals surface area contributed by atoms with Crippen molar-refractivity contribution in [3.8, 4) is 0 Å². The molecule has 0 bridgehead atoms. The summed E-state index contributed by atoms with van der Waals surface area (Å²) in [7, 11) is 0. The van der Waals surface area contributed by atoms with E-state index in [0.29, 0.717) is 11.5 Å². The first-order valence-corrected chi connectivity index (χ1v) is 7.92. The van der Waals surface area contributed by atoms with Crippen LogP contribution in [0.15, 0.2) is 64.1 Å². The molecule has 5 heteroatoms. The molecule has 20 heavy (non-hydrogen) atoms. The number of thioether (sulfide) groups is 1. The highest BCUT2D eigenvalue weighted by molar-refractivity contribution is 8.01. The number of hydrogen-bond donors (Lipinski definition) is 1. The van der Waals surface area contributed by atoms with Gasteiger partial charge in [0.2, 0.25) is 0 Å². The third-order valence-corrected chi connectivity index (χ3v) is 5.02. The molecular formula is C15H12N2OS2. The lowest BCUT2D eigenvalue weighted by Gasteiger charge is -2.02. The number of aromatic nitrogens is 1. The van der Waals surface area contributed by atoms with Crippen LogP contribution in [0, 0.1) is 0 Å². The van der Waals surface area contributed by atoms with Crippen molar-refractivity contribution >= 4 is 39.0 Å². The third kappa shape index (κ3) is 2.84. The molecule has 0 aliphatic heterocycles. The first-order chi connectivity index (χ1) is 9.86. The molecule has 0 unspecified atom stereocenters. The summed E-state index contributed by atoms with van der Waals surface area (Å²) in [6, 6.07) is 17.8. The van der Waals surface area contributed by atoms with Gasteiger partial charge in [0, 0.05) is 11.3 Å². The maximum atomic E-state index is 9.15. The van der Waals surface area contributed by atoms with E-state index in [-0.39, 0.29) is 0 Å². The summed E-state index contributed by atoms with van der Waals surface area (Å²) in [5.74, 6) is 0.598. The van der Waals surface area contributed by atoms with Crippen molar-refractivity contribution in [1.82, 2.24) is 4.98 Å². The van der Waals surface area contributed by atoms with Crippen LogP contribution in [0.2, 0.25) is 0 Å². The summed E-state index contributed by atoms with van der Waals surface area (Å²) in [6.45, 7) is 0. The van der Waals surface area contributed by atoms with Gasteiger partial charge < -0.3 is 5.21 Å². The number of rotatable bonds is 4. The minimum Gasteiger partial charge on any atom is -0.411 e. The second-order valence-corrected chi connectivity index (χ2v) is 6.40. The summed E-state index contributed by atoms with van der Waals surface area (Å²) in [4.78, 5) is 4.56. The molecule has 3 aromatic rings. The van der Waals surface area contributed by atoms with Gasteiger partial charge in [-0.3, -0.25) is 0 Å². The summed E-state index contributed by atoms with van der Waals surface area (Å²) in [6.07, 6.45) is 0. The van der Waals surface area contributed by atoms with E-state index in [1.165, 1.54) is 4.70 Å². The van der Waals surface area contributed by atoms with Crippen LogP contribution in [-0.4, -0.2) is 21.7 Å². The molecule has 0 spiro atoms. The minimum atomic E-state index is 0.598. The highest BCUT2D eigenvalue weighted by Crippen LogP contribution is 2.29. The zero-order valence-electron chi connectivity index (χ0n) is 10.6. The molecule has 0 saturated heterocycles. The summed E-state index contributed by atoms with van der Waals surface area (Å²) in [5.41, 5.74) is 2.61. The van der Waals surface area contributed by atoms with E-state index in [9.17, 15) is 0 Å². The van der Waals surface area contributed by atoms with Gasteiger partial charge in [-0.2, -0.15) is 0 Å². The fourth-order valence-corrected chi connectivity index (χ4v) is 3.87. The molecule has 100 valence electrons. The zero-order valence-corrected chi connectivity index (χ0v) is 12.2. The van der Waals surface area contributed by atoms with Crippen LogP contribution >= 0.6 is 23.1 Å². The number of thiazole rings is 1. The Balaban J connectivity index is 1.75. The maximum absolute atomic E-state index is 9.15. The predicted molar refractivity (Wildman–Crippen MR) is 85.1 cm³/mol. The Morgan fingerprint density at radius 1 is 1.10 bits per heavy atom. The standard InChI is InChI=1S/C15H12N2OS2/c18-17-13(11-6-2-1-3-7-11)10-19-15-16-12-8-4-5-9-14(12)20-15/h1-9,18H,10H2/b17-13-. The first-order valence-electron chi connectivity index (χ1n) is 6.11. The topological polar surface area (TPSA) is 45.5 Å². The molecule has 0 aliphatic carbocycles. The maximum Gasteiger partial charge on any atom is 0.151 e. The SMILES string of the molecule is O/N=C(/CSc1nc2ccccc2s1)c1ccccc1. The van der Waals surface area contributed by atoms with E-state index in [2.05, 4.69) is 16.2 Å². The van der Waals surface area contributed by atoms with Gasteiger partial charge in [0.1, 0.15) is 0 Å². The molecule has 3 nitrogen and oxygen atoms in total. The number of hydrogen-bond acceptors (Lipinski definition) is 5. The van der Waals surface area contributed by atoms with Crippen LogP contribution in [0.1, 0.15) is 5.56 Å². The van der Waals surface area contributed by atoms with E-state index >= 15 is 0 Å². The Morgan fingerprint density at radius 2 is 1.85 bits per heavy atom. The number of oxime groups is 1. The monoisotopic (exact) mass is 300 g/mol. The molecular weight excluding hydrogens is 288 g/mol. The van der Waals surface area contributed by atoms with Crippen molar-refractivity contribution in [3.63, 3.8) is 0 Å². The van der Waals surface area contributed by atoms with Crippen molar-refractivity contribution in [2.75, 3.05) is 5.75 Å². The number of fused-ring (bicyclic) bond motifs is 1. The van der Waals surface area contributed by atoms with E-state index in [4.69, 9.17) is 5.21 Å². The Kier molecular flexibility index (Phi) is 3.99. The van der Waals surface area contributed by atoms with E-state index in [0.717, 1.165) is 15.4 Å². The van der Waals surface area contributed by atoms with Crippen LogP contribution in [0.5, 0.6) is 0 Å². The lowest BCUT2D eigenvalue weighted by molar-refractivity contribution is 0.319. The Bertz CT molecular complexity index is 705. The van der Waals surface area contributed by atoms with Crippen molar-refractivity contribution in [2.45, 2.75) is 4.34 Å². The number of benzene rings is 2. The van der Waals surface area contributed by atoms with Crippen molar-refractivity contribution in [1.29, 1.82) is 0 Å². The first kappa shape index (κ1) is 13.1. The van der Waals surface area contributed by atoms with Gasteiger partial charge >= 0.3 is 0 Å². The molecule has 3 rings (SSSR count). The Morgan fingerprint density at radius 3 is 2.60 bits per heavy atom. The highest BCUT2D eigenvalue weighted by atomic mass is 32.2. The average Bonchev–Trinajstić information content (AvgIpc) is 2.92. The van der Waals surface area contributed by atoms with Gasteiger partial charge in [-0.25, -0.2) is 4.98 Å². The second-order valence-electron chi connectivity index (χ2n) is 4.15. The molecule has 0 radical (unpaired) electrons. The molecule has 0 fully saturated rings. The van der Waals surface area contributed by atoms with Crippen molar-refractivity contribution in [3.05, 3.63) is 60.2 Å². The van der Waals surface area contributed by atoms with Gasteiger partial charge in [0.25, 0.3) is 0 Å². The molecule has 1 N–H and O–H groups in total. The third-order valence-electron chi connectivity index (χ3n) is 2.83. The molecule has 0 aliphatic rings. The highest BCUT2D eigenvalue weighted by Gasteiger charge is 2.08. The summed E-state index contributed by atoms with van der Waals surface area (Å²) < 4.78 is 2.17. The minimum absolute atomic E-state index is 0.598. The smallest absolute Gasteiger partial charge is 0.151 e. The van der Waals surface area contributed by atoms with Crippen LogP contribution < -0.4 is 0 Å². The molecule has 0 amide bonds. The summed E-state index contributed by atoms with van der Waals surface area (Å²) >= 11 is 3.25. The molecule has 1 aromatic heterocycles. The normalized spacial score (nSPS) is 11.9. The van der Waals surface area contributed by atoms with Crippen LogP contribution in [-0.2, 0) is 0 Å². The van der Waals surface area contributed by atoms with Gasteiger partial charge in [-0.05, 0) is 12.1 Å². The van der Waals surface area contributed by atoms with Crippen LogP contribution in [0.3, 0.4) is 0 Å². The second kappa shape index (κ2) is 6.07. The van der Waals surface area contributed by atoms with E-state index in [1.54, 1.807) is 23.1 Å². The van der Waals surface area contributed by atoms with E-state index < -0.39 is 0 Å². The average molecular weight is 300 g/mol. The van der Waals surface area contributed by atoms with Crippen LogP contribution in [0.4, 0.5) is 0 Å². The fraction of sp³-hybridized carbons (Fsp3) is 0.0667. The van der Waals surface area contributed by atoms with Crippen molar-refractivity contribution in [2.24, 2.45) is 5.16 Å². The van der Waals surface area contributed by atoms with Gasteiger partial charge in [0.15, 0.2) is 4.34 Å². The number of para-hydroxylation sites is 1.